The molecule has 4 atom stereocenters. The second-order valence-electron chi connectivity index (χ2n) is 19.0. The number of fused-ring (bicyclic) bond motifs is 4. The summed E-state index contributed by atoms with van der Waals surface area (Å²) in [5.41, 5.74) is 0.512. The molecule has 0 aromatic carbocycles. The average Bonchev–Trinajstić information content (AvgIpc) is 4.17. The van der Waals surface area contributed by atoms with E-state index in [0.717, 1.165) is 6.42 Å². The van der Waals surface area contributed by atoms with Crippen LogP contribution < -0.4 is 26.1 Å². The highest BCUT2D eigenvalue weighted by Gasteiger charge is 2.48. The third-order valence-electron chi connectivity index (χ3n) is 14.9. The summed E-state index contributed by atoms with van der Waals surface area (Å²) in [5.74, 6) is -3.08. The van der Waals surface area contributed by atoms with E-state index in [9.17, 15) is 28.0 Å². The molecular formula is C44H52F4N14O5. The standard InChI is InChI=1S/C44H52F4N14O5/c1-55-37-31(62(43(55)66)32-6-7-35(63)53-42(32)65)8-11-49-40(37)58-16-14-57(15-17-58)33-9-12-56(24-44(33,47)48)20-25-2-4-26(5-3-25)61-22-30(36(54-61)38(45)46)51-41(64)29-19-50-60-13-10-34(52-39(29)60)59-21-28-18-27(59)23-67-28/h8,10-11,13,19,22,25-28,32-33,38H,2-7,9,12,14-18,20-21,23-24H2,1H3,(H,51,64)(H,53,63,65)/t25?,26?,27-,28-,32?,33+/m1/s1. The van der Waals surface area contributed by atoms with Crippen molar-refractivity contribution < 1.29 is 36.7 Å². The van der Waals surface area contributed by atoms with Crippen LogP contribution in [0.25, 0.3) is 16.7 Å². The molecule has 0 spiro atoms. The maximum Gasteiger partial charge on any atom is 0.329 e. The van der Waals surface area contributed by atoms with Gasteiger partial charge in [-0.2, -0.15) is 10.2 Å². The number of pyridine rings is 1. The number of nitrogens with one attached hydrogen (secondary N) is 2. The van der Waals surface area contributed by atoms with Crippen LogP contribution in [0.5, 0.6) is 0 Å². The van der Waals surface area contributed by atoms with Gasteiger partial charge in [0.05, 0.1) is 54.8 Å². The maximum absolute atomic E-state index is 16.1. The van der Waals surface area contributed by atoms with E-state index < -0.39 is 47.6 Å². The quantitative estimate of drug-likeness (QED) is 0.154. The van der Waals surface area contributed by atoms with Gasteiger partial charge < -0.3 is 19.9 Å². The summed E-state index contributed by atoms with van der Waals surface area (Å²) in [6.07, 6.45) is 7.59. The molecule has 1 unspecified atom stereocenters. The fourth-order valence-corrected chi connectivity index (χ4v) is 11.5. The highest BCUT2D eigenvalue weighted by atomic mass is 19.3. The van der Waals surface area contributed by atoms with Gasteiger partial charge in [-0.1, -0.05) is 0 Å². The summed E-state index contributed by atoms with van der Waals surface area (Å²) in [5, 5.41) is 13.5. The lowest BCUT2D eigenvalue weighted by atomic mass is 9.85. The molecule has 11 rings (SSSR count). The van der Waals surface area contributed by atoms with Gasteiger partial charge in [-0.25, -0.2) is 36.8 Å². The van der Waals surface area contributed by atoms with Crippen molar-refractivity contribution in [3.8, 4) is 0 Å². The van der Waals surface area contributed by atoms with Crippen LogP contribution in [0.4, 0.5) is 34.9 Å². The summed E-state index contributed by atoms with van der Waals surface area (Å²) in [7, 11) is 1.62. The number of aromatic nitrogens is 8. The minimum absolute atomic E-state index is 0.0825. The zero-order valence-corrected chi connectivity index (χ0v) is 36.9. The normalized spacial score (nSPS) is 27.2. The number of imide groups is 1. The van der Waals surface area contributed by atoms with E-state index in [1.54, 1.807) is 25.5 Å². The number of imidazole rings is 1. The van der Waals surface area contributed by atoms with E-state index in [1.165, 1.54) is 30.7 Å². The Hall–Kier alpha value is -5.94. The Morgan fingerprint density at radius 2 is 1.82 bits per heavy atom. The molecule has 3 amide bonds. The molecule has 1 saturated carbocycles. The number of likely N-dealkylation sites (tertiary alicyclic amines) is 1. The number of amides is 3. The van der Waals surface area contributed by atoms with Gasteiger partial charge in [0.2, 0.25) is 11.8 Å². The summed E-state index contributed by atoms with van der Waals surface area (Å²) < 4.78 is 72.4. The van der Waals surface area contributed by atoms with Gasteiger partial charge in [0.25, 0.3) is 18.3 Å². The molecule has 356 valence electrons. The van der Waals surface area contributed by atoms with E-state index in [0.29, 0.717) is 113 Å². The smallest absolute Gasteiger partial charge is 0.329 e. The predicted molar refractivity (Wildman–Crippen MR) is 235 cm³/mol. The number of nitrogens with zero attached hydrogens (tertiary/aromatic N) is 12. The fourth-order valence-electron chi connectivity index (χ4n) is 11.5. The molecule has 67 heavy (non-hydrogen) atoms. The van der Waals surface area contributed by atoms with Crippen LogP contribution in [0.2, 0.25) is 0 Å². The number of piperazine rings is 1. The Morgan fingerprint density at radius 3 is 2.54 bits per heavy atom. The first kappa shape index (κ1) is 43.6. The third-order valence-corrected chi connectivity index (χ3v) is 14.9. The molecule has 23 heteroatoms. The van der Waals surface area contributed by atoms with E-state index in [2.05, 4.69) is 30.7 Å². The first-order valence-corrected chi connectivity index (χ1v) is 23.2. The monoisotopic (exact) mass is 932 g/mol. The van der Waals surface area contributed by atoms with Gasteiger partial charge in [-0.3, -0.25) is 43.3 Å². The van der Waals surface area contributed by atoms with Crippen molar-refractivity contribution in [2.75, 3.05) is 74.1 Å². The van der Waals surface area contributed by atoms with Crippen molar-refractivity contribution in [2.24, 2.45) is 13.0 Å². The lowest BCUT2D eigenvalue weighted by molar-refractivity contribution is -0.135. The highest BCUT2D eigenvalue weighted by Crippen LogP contribution is 2.39. The first-order chi connectivity index (χ1) is 32.3. The first-order valence-electron chi connectivity index (χ1n) is 23.2. The SMILES string of the molecule is Cn1c(=O)n(C2CCC(=O)NC2=O)c2ccnc(N3CCN([C@H]4CCN(CC5CCC(n6cc(NC(=O)c7cnn8ccc(N9C[C@H]%10C[C@@H]9CO%10)nc78)c(C(F)F)n6)CC5)CC4(F)F)CC3)c21. The van der Waals surface area contributed by atoms with Gasteiger partial charge in [0.1, 0.15) is 22.9 Å². The van der Waals surface area contributed by atoms with Crippen molar-refractivity contribution >= 4 is 51.7 Å². The molecule has 10 heterocycles. The van der Waals surface area contributed by atoms with Crippen LogP contribution in [0.15, 0.2) is 41.7 Å². The van der Waals surface area contributed by atoms with Crippen LogP contribution in [-0.4, -0.2) is 149 Å². The van der Waals surface area contributed by atoms with Crippen molar-refractivity contribution in [3.05, 3.63) is 58.7 Å². The van der Waals surface area contributed by atoms with Crippen LogP contribution >= 0.6 is 0 Å². The number of morpholine rings is 1. The van der Waals surface area contributed by atoms with E-state index in [-0.39, 0.29) is 60.6 Å². The Labute approximate surface area is 381 Å². The number of aryl methyl sites for hydroxylation is 1. The number of hydrogen-bond donors (Lipinski definition) is 2. The molecule has 5 aromatic heterocycles. The average molecular weight is 933 g/mol. The number of hydrogen-bond acceptors (Lipinski definition) is 13. The number of carbonyl (C=O) groups is 3. The molecule has 2 N–H and O–H groups in total. The van der Waals surface area contributed by atoms with E-state index in [4.69, 9.17) is 9.72 Å². The van der Waals surface area contributed by atoms with Gasteiger partial charge in [-0.05, 0) is 63.0 Å². The summed E-state index contributed by atoms with van der Waals surface area (Å²) in [4.78, 5) is 68.7. The number of ether oxygens (including phenoxy) is 1. The van der Waals surface area contributed by atoms with Crippen LogP contribution in [0.3, 0.4) is 0 Å². The van der Waals surface area contributed by atoms with E-state index in [1.807, 2.05) is 20.8 Å². The Balaban J connectivity index is 0.684. The molecule has 6 fully saturated rings. The Kier molecular flexibility index (Phi) is 11.1. The molecule has 5 aliphatic heterocycles. The van der Waals surface area contributed by atoms with Crippen LogP contribution in [-0.2, 0) is 21.4 Å². The number of carbonyl (C=O) groups excluding carboxylic acids is 3. The molecule has 2 bridgehead atoms. The number of rotatable bonds is 10. The largest absolute Gasteiger partial charge is 0.374 e. The van der Waals surface area contributed by atoms with Crippen molar-refractivity contribution in [1.82, 2.24) is 53.6 Å². The summed E-state index contributed by atoms with van der Waals surface area (Å²) in [6, 6.07) is 1.77. The van der Waals surface area contributed by atoms with Gasteiger partial charge in [-0.15, -0.1) is 0 Å². The number of halogens is 4. The number of anilines is 3. The topological polar surface area (TPSA) is 185 Å². The lowest BCUT2D eigenvalue weighted by Crippen LogP contribution is -2.62. The Morgan fingerprint density at radius 1 is 1.01 bits per heavy atom. The Bertz CT molecular complexity index is 2790. The molecule has 0 radical (unpaired) electrons. The minimum Gasteiger partial charge on any atom is -0.374 e. The molecule has 5 aromatic rings. The molecule has 6 aliphatic rings. The van der Waals surface area contributed by atoms with Crippen molar-refractivity contribution in [1.29, 1.82) is 0 Å². The predicted octanol–water partition coefficient (Wildman–Crippen LogP) is 3.38. The van der Waals surface area contributed by atoms with Crippen molar-refractivity contribution in [2.45, 2.75) is 94.0 Å². The molecule has 19 nitrogen and oxygen atoms in total. The third kappa shape index (κ3) is 7.90. The van der Waals surface area contributed by atoms with Crippen LogP contribution in [0.1, 0.15) is 85.9 Å². The lowest BCUT2D eigenvalue weighted by Gasteiger charge is -2.47. The zero-order valence-electron chi connectivity index (χ0n) is 36.9. The van der Waals surface area contributed by atoms with Gasteiger partial charge in [0, 0.05) is 77.9 Å². The summed E-state index contributed by atoms with van der Waals surface area (Å²) >= 11 is 0. The van der Waals surface area contributed by atoms with Gasteiger partial charge in [0.15, 0.2) is 17.2 Å². The number of alkyl halides is 4. The maximum atomic E-state index is 16.1. The fraction of sp³-hybridized carbons (Fsp3) is 0.591. The van der Waals surface area contributed by atoms with Crippen molar-refractivity contribution in [3.63, 3.8) is 0 Å². The number of piperidine rings is 2. The second-order valence-corrected chi connectivity index (χ2v) is 19.0. The van der Waals surface area contributed by atoms with Gasteiger partial charge >= 0.3 is 5.69 Å². The molecule has 5 saturated heterocycles. The van der Waals surface area contributed by atoms with E-state index >= 15 is 8.78 Å². The highest BCUT2D eigenvalue weighted by molar-refractivity contribution is 6.08. The summed E-state index contributed by atoms with van der Waals surface area (Å²) in [6.45, 7) is 3.61. The minimum atomic E-state index is -2.95. The van der Waals surface area contributed by atoms with Crippen LogP contribution in [0, 0.1) is 5.92 Å². The molecule has 1 aliphatic carbocycles. The molecular weight excluding hydrogens is 881 g/mol. The second kappa shape index (κ2) is 17.0. The zero-order chi connectivity index (χ0) is 46.3.